The van der Waals surface area contributed by atoms with Crippen LogP contribution >= 0.6 is 0 Å². The van der Waals surface area contributed by atoms with Gasteiger partial charge < -0.3 is 15.3 Å². The molecule has 0 rings (SSSR count). The minimum absolute atomic E-state index is 0.283. The molecule has 0 aromatic rings. The molecule has 0 aromatic carbocycles. The Kier molecular flexibility index (Phi) is 27.4. The van der Waals surface area contributed by atoms with Gasteiger partial charge in [-0.15, -0.1) is 0 Å². The summed E-state index contributed by atoms with van der Waals surface area (Å²) in [6, 6.07) is 0. The topological polar surface area (TPSA) is 60.7 Å². The molecule has 0 unspecified atom stereocenters. The van der Waals surface area contributed by atoms with Gasteiger partial charge in [0.1, 0.15) is 0 Å². The molecular formula is C18H40O3. The zero-order valence-electron chi connectivity index (χ0n) is 14.4. The molecule has 0 aliphatic heterocycles. The SMILES string of the molecule is CCCCCCCCCCCCO.OCCCCCCO. The quantitative estimate of drug-likeness (QED) is 0.392. The van der Waals surface area contributed by atoms with Gasteiger partial charge in [0.2, 0.25) is 0 Å². The molecule has 0 fully saturated rings. The number of hydrogen-bond acceptors (Lipinski definition) is 3. The Hall–Kier alpha value is -0.120. The van der Waals surface area contributed by atoms with Crippen LogP contribution in [0.15, 0.2) is 0 Å². The van der Waals surface area contributed by atoms with Gasteiger partial charge in [-0.3, -0.25) is 0 Å². The first kappa shape index (κ1) is 23.2. The van der Waals surface area contributed by atoms with E-state index in [0.717, 1.165) is 32.1 Å². The summed E-state index contributed by atoms with van der Waals surface area (Å²) in [4.78, 5) is 0. The zero-order chi connectivity index (χ0) is 16.0. The van der Waals surface area contributed by atoms with Crippen molar-refractivity contribution < 1.29 is 15.3 Å². The van der Waals surface area contributed by atoms with Crippen LogP contribution in [0.4, 0.5) is 0 Å². The van der Waals surface area contributed by atoms with Gasteiger partial charge >= 0.3 is 0 Å². The van der Waals surface area contributed by atoms with Crippen LogP contribution in [0.2, 0.25) is 0 Å². The molecule has 3 heteroatoms. The Balaban J connectivity index is 0. The van der Waals surface area contributed by atoms with Crippen LogP contribution in [-0.2, 0) is 0 Å². The van der Waals surface area contributed by atoms with Crippen molar-refractivity contribution in [2.45, 2.75) is 96.8 Å². The molecule has 0 spiro atoms. The van der Waals surface area contributed by atoms with E-state index in [4.69, 9.17) is 15.3 Å². The highest BCUT2D eigenvalue weighted by atomic mass is 16.3. The smallest absolute Gasteiger partial charge is 0.0431 e. The average Bonchev–Trinajstić information content (AvgIpc) is 2.51. The first-order valence-corrected chi connectivity index (χ1v) is 9.16. The Labute approximate surface area is 132 Å². The van der Waals surface area contributed by atoms with Crippen LogP contribution < -0.4 is 0 Å². The Bertz CT molecular complexity index is 135. The van der Waals surface area contributed by atoms with Gasteiger partial charge in [-0.1, -0.05) is 77.6 Å². The normalized spacial score (nSPS) is 10.3. The number of unbranched alkanes of at least 4 members (excludes halogenated alkanes) is 12. The van der Waals surface area contributed by atoms with Crippen molar-refractivity contribution in [3.8, 4) is 0 Å². The van der Waals surface area contributed by atoms with E-state index in [-0.39, 0.29) is 13.2 Å². The molecule has 0 saturated carbocycles. The number of aliphatic hydroxyl groups excluding tert-OH is 3. The summed E-state index contributed by atoms with van der Waals surface area (Å²) < 4.78 is 0. The molecule has 0 bridgehead atoms. The van der Waals surface area contributed by atoms with Gasteiger partial charge in [0.25, 0.3) is 0 Å². The van der Waals surface area contributed by atoms with Gasteiger partial charge in [-0.2, -0.15) is 0 Å². The predicted octanol–water partition coefficient (Wildman–Crippen LogP) is 4.43. The maximum Gasteiger partial charge on any atom is 0.0431 e. The highest BCUT2D eigenvalue weighted by Gasteiger charge is 1.91. The Morgan fingerprint density at radius 3 is 0.857 bits per heavy atom. The van der Waals surface area contributed by atoms with Crippen LogP contribution in [0.5, 0.6) is 0 Å². The molecule has 0 aromatic heterocycles. The fourth-order valence-electron chi connectivity index (χ4n) is 2.18. The first-order chi connectivity index (χ1) is 10.3. The van der Waals surface area contributed by atoms with Crippen molar-refractivity contribution in [2.75, 3.05) is 19.8 Å². The minimum Gasteiger partial charge on any atom is -0.396 e. The summed E-state index contributed by atoms with van der Waals surface area (Å²) in [6.45, 7) is 3.20. The highest BCUT2D eigenvalue weighted by Crippen LogP contribution is 2.10. The van der Waals surface area contributed by atoms with Crippen molar-refractivity contribution in [3.05, 3.63) is 0 Å². The van der Waals surface area contributed by atoms with Crippen LogP contribution in [-0.4, -0.2) is 35.1 Å². The predicted molar refractivity (Wildman–Crippen MR) is 91.6 cm³/mol. The highest BCUT2D eigenvalue weighted by molar-refractivity contribution is 4.46. The molecule has 21 heavy (non-hydrogen) atoms. The molecule has 0 heterocycles. The van der Waals surface area contributed by atoms with E-state index < -0.39 is 0 Å². The van der Waals surface area contributed by atoms with E-state index >= 15 is 0 Å². The van der Waals surface area contributed by atoms with E-state index in [1.54, 1.807) is 0 Å². The summed E-state index contributed by atoms with van der Waals surface area (Å²) in [5.74, 6) is 0. The lowest BCUT2D eigenvalue weighted by Gasteiger charge is -2.00. The molecule has 0 saturated heterocycles. The molecule has 130 valence electrons. The standard InChI is InChI=1S/C12H26O.C6H14O2/c1-2-3-4-5-6-7-8-9-10-11-12-13;7-5-3-1-2-4-6-8/h13H,2-12H2,1H3;7-8H,1-6H2. The van der Waals surface area contributed by atoms with Crippen molar-refractivity contribution in [2.24, 2.45) is 0 Å². The second-order valence-corrected chi connectivity index (χ2v) is 5.77. The second kappa shape index (κ2) is 24.9. The van der Waals surface area contributed by atoms with Crippen molar-refractivity contribution >= 4 is 0 Å². The summed E-state index contributed by atoms with van der Waals surface area (Å²) >= 11 is 0. The molecule has 0 amide bonds. The van der Waals surface area contributed by atoms with Crippen LogP contribution in [0.3, 0.4) is 0 Å². The van der Waals surface area contributed by atoms with E-state index in [9.17, 15) is 0 Å². The molecule has 3 N–H and O–H groups in total. The van der Waals surface area contributed by atoms with Crippen molar-refractivity contribution in [1.29, 1.82) is 0 Å². The third-order valence-corrected chi connectivity index (χ3v) is 3.58. The molecule has 0 radical (unpaired) electrons. The summed E-state index contributed by atoms with van der Waals surface area (Å²) in [5.41, 5.74) is 0. The molecule has 3 nitrogen and oxygen atoms in total. The lowest BCUT2D eigenvalue weighted by molar-refractivity contribution is 0.265. The van der Waals surface area contributed by atoms with Gasteiger partial charge in [0.05, 0.1) is 0 Å². The lowest BCUT2D eigenvalue weighted by Crippen LogP contribution is -1.85. The lowest BCUT2D eigenvalue weighted by atomic mass is 10.1. The number of rotatable bonds is 15. The Morgan fingerprint density at radius 2 is 0.619 bits per heavy atom. The first-order valence-electron chi connectivity index (χ1n) is 9.16. The zero-order valence-corrected chi connectivity index (χ0v) is 14.4. The summed E-state index contributed by atoms with van der Waals surface area (Å²) in [7, 11) is 0. The molecule has 0 atom stereocenters. The van der Waals surface area contributed by atoms with Crippen LogP contribution in [0.25, 0.3) is 0 Å². The third-order valence-electron chi connectivity index (χ3n) is 3.58. The monoisotopic (exact) mass is 304 g/mol. The largest absolute Gasteiger partial charge is 0.396 e. The number of hydrogen-bond donors (Lipinski definition) is 3. The van der Waals surface area contributed by atoms with Gasteiger partial charge in [-0.05, 0) is 19.3 Å². The fraction of sp³-hybridized carbons (Fsp3) is 1.00. The van der Waals surface area contributed by atoms with Gasteiger partial charge in [0.15, 0.2) is 0 Å². The Morgan fingerprint density at radius 1 is 0.381 bits per heavy atom. The average molecular weight is 305 g/mol. The van der Waals surface area contributed by atoms with Crippen LogP contribution in [0.1, 0.15) is 96.8 Å². The van der Waals surface area contributed by atoms with Crippen molar-refractivity contribution in [1.82, 2.24) is 0 Å². The summed E-state index contributed by atoms with van der Waals surface area (Å²) in [6.07, 6.45) is 17.1. The third kappa shape index (κ3) is 28.7. The van der Waals surface area contributed by atoms with E-state index in [1.807, 2.05) is 0 Å². The second-order valence-electron chi connectivity index (χ2n) is 5.77. The van der Waals surface area contributed by atoms with E-state index in [1.165, 1.54) is 57.8 Å². The fourth-order valence-corrected chi connectivity index (χ4v) is 2.18. The molecular weight excluding hydrogens is 264 g/mol. The maximum atomic E-state index is 8.57. The number of aliphatic hydroxyl groups is 3. The minimum atomic E-state index is 0.283. The summed E-state index contributed by atoms with van der Waals surface area (Å²) in [5, 5.41) is 25.2. The van der Waals surface area contributed by atoms with Gasteiger partial charge in [0, 0.05) is 19.8 Å². The van der Waals surface area contributed by atoms with Crippen LogP contribution in [0, 0.1) is 0 Å². The molecule has 0 aliphatic rings. The van der Waals surface area contributed by atoms with Gasteiger partial charge in [-0.25, -0.2) is 0 Å². The van der Waals surface area contributed by atoms with E-state index in [0.29, 0.717) is 6.61 Å². The molecule has 0 aliphatic carbocycles. The van der Waals surface area contributed by atoms with Crippen molar-refractivity contribution in [3.63, 3.8) is 0 Å². The van der Waals surface area contributed by atoms with E-state index in [2.05, 4.69) is 6.92 Å². The maximum absolute atomic E-state index is 8.57.